The number of rotatable bonds is 5. The van der Waals surface area contributed by atoms with Crippen molar-refractivity contribution in [1.82, 2.24) is 19.7 Å². The Labute approximate surface area is 148 Å². The predicted molar refractivity (Wildman–Crippen MR) is 97.1 cm³/mol. The summed E-state index contributed by atoms with van der Waals surface area (Å²) >= 11 is 0. The van der Waals surface area contributed by atoms with Gasteiger partial charge in [-0.05, 0) is 43.3 Å². The Kier molecular flexibility index (Phi) is 4.06. The van der Waals surface area contributed by atoms with Gasteiger partial charge >= 0.3 is 0 Å². The number of fused-ring (bicyclic) bond motifs is 1. The molecule has 26 heavy (non-hydrogen) atoms. The number of benzene rings is 2. The van der Waals surface area contributed by atoms with E-state index in [-0.39, 0.29) is 5.91 Å². The summed E-state index contributed by atoms with van der Waals surface area (Å²) in [5, 5.41) is 9.93. The van der Waals surface area contributed by atoms with E-state index in [2.05, 4.69) is 25.7 Å². The van der Waals surface area contributed by atoms with Crippen LogP contribution in [0.3, 0.4) is 0 Å². The maximum Gasteiger partial charge on any atom is 0.300 e. The zero-order valence-electron chi connectivity index (χ0n) is 14.0. The highest BCUT2D eigenvalue weighted by atomic mass is 16.4. The van der Waals surface area contributed by atoms with Gasteiger partial charge in [-0.1, -0.05) is 12.1 Å². The predicted octanol–water partition coefficient (Wildman–Crippen LogP) is 3.36. The topological polar surface area (TPSA) is 97.9 Å². The van der Waals surface area contributed by atoms with Crippen LogP contribution < -0.4 is 10.6 Å². The average Bonchev–Trinajstić information content (AvgIpc) is 3.31. The highest BCUT2D eigenvalue weighted by Gasteiger charge is 2.15. The van der Waals surface area contributed by atoms with Crippen LogP contribution in [0.15, 0.2) is 65.6 Å². The third-order valence-corrected chi connectivity index (χ3v) is 3.91. The lowest BCUT2D eigenvalue weighted by atomic mass is 10.2. The molecule has 8 heteroatoms. The number of anilines is 3. The molecule has 4 aromatic rings. The molecule has 2 aromatic carbocycles. The van der Waals surface area contributed by atoms with Gasteiger partial charge in [-0.3, -0.25) is 4.79 Å². The number of carbonyl (C=O) groups is 1. The number of hydrogen-bond acceptors (Lipinski definition) is 6. The molecule has 2 N–H and O–H groups in total. The molecule has 0 saturated heterocycles. The first-order chi connectivity index (χ1) is 12.7. The van der Waals surface area contributed by atoms with Crippen LogP contribution in [0.4, 0.5) is 17.4 Å². The fraction of sp³-hybridized carbons (Fsp3) is 0.111. The van der Waals surface area contributed by atoms with Crippen molar-refractivity contribution in [3.8, 4) is 0 Å². The van der Waals surface area contributed by atoms with Gasteiger partial charge in [0.2, 0.25) is 5.91 Å². The lowest BCUT2D eigenvalue weighted by molar-refractivity contribution is -0.119. The van der Waals surface area contributed by atoms with Crippen molar-refractivity contribution in [1.29, 1.82) is 0 Å². The van der Waals surface area contributed by atoms with E-state index in [1.54, 1.807) is 19.1 Å². The quantitative estimate of drug-likeness (QED) is 0.574. The summed E-state index contributed by atoms with van der Waals surface area (Å²) in [7, 11) is 0. The number of oxazole rings is 1. The SMILES string of the molecule is CC(C(=O)Nc1ccc(Nc2nc3ccccc3o2)cc1)n1cncn1. The molecule has 130 valence electrons. The highest BCUT2D eigenvalue weighted by Crippen LogP contribution is 2.23. The number of para-hydroxylation sites is 2. The number of amides is 1. The number of aromatic nitrogens is 4. The smallest absolute Gasteiger partial charge is 0.300 e. The van der Waals surface area contributed by atoms with E-state index in [4.69, 9.17) is 4.42 Å². The van der Waals surface area contributed by atoms with Crippen molar-refractivity contribution < 1.29 is 9.21 Å². The lowest BCUT2D eigenvalue weighted by Gasteiger charge is -2.12. The molecule has 0 saturated carbocycles. The highest BCUT2D eigenvalue weighted by molar-refractivity contribution is 5.93. The van der Waals surface area contributed by atoms with E-state index in [1.165, 1.54) is 17.3 Å². The Bertz CT molecular complexity index is 990. The maximum absolute atomic E-state index is 12.2. The zero-order valence-corrected chi connectivity index (χ0v) is 14.0. The van der Waals surface area contributed by atoms with Gasteiger partial charge in [-0.15, -0.1) is 0 Å². The molecule has 4 rings (SSSR count). The van der Waals surface area contributed by atoms with E-state index in [9.17, 15) is 4.79 Å². The number of hydrogen-bond donors (Lipinski definition) is 2. The molecule has 0 fully saturated rings. The second-order valence-corrected chi connectivity index (χ2v) is 5.73. The third kappa shape index (κ3) is 3.25. The third-order valence-electron chi connectivity index (χ3n) is 3.91. The van der Waals surface area contributed by atoms with Gasteiger partial charge < -0.3 is 15.1 Å². The summed E-state index contributed by atoms with van der Waals surface area (Å²) in [4.78, 5) is 20.5. The Balaban J connectivity index is 1.42. The number of nitrogens with zero attached hydrogens (tertiary/aromatic N) is 4. The van der Waals surface area contributed by atoms with Crippen molar-refractivity contribution in [2.24, 2.45) is 0 Å². The number of nitrogens with one attached hydrogen (secondary N) is 2. The first kappa shape index (κ1) is 15.8. The van der Waals surface area contributed by atoms with Gasteiger partial charge in [0, 0.05) is 11.4 Å². The number of carbonyl (C=O) groups excluding carboxylic acids is 1. The Morgan fingerprint density at radius 3 is 2.62 bits per heavy atom. The molecule has 1 amide bonds. The van der Waals surface area contributed by atoms with Crippen LogP contribution in [-0.4, -0.2) is 25.7 Å². The molecule has 0 aliphatic heterocycles. The normalized spacial score (nSPS) is 12.0. The molecule has 0 spiro atoms. The second-order valence-electron chi connectivity index (χ2n) is 5.73. The van der Waals surface area contributed by atoms with Gasteiger partial charge in [-0.2, -0.15) is 10.1 Å². The van der Waals surface area contributed by atoms with Crippen LogP contribution in [0.2, 0.25) is 0 Å². The monoisotopic (exact) mass is 348 g/mol. The molecule has 0 radical (unpaired) electrons. The Morgan fingerprint density at radius 2 is 1.88 bits per heavy atom. The van der Waals surface area contributed by atoms with Gasteiger partial charge in [0.1, 0.15) is 24.2 Å². The Morgan fingerprint density at radius 1 is 1.12 bits per heavy atom. The van der Waals surface area contributed by atoms with Crippen LogP contribution >= 0.6 is 0 Å². The van der Waals surface area contributed by atoms with Crippen molar-refractivity contribution >= 4 is 34.4 Å². The van der Waals surface area contributed by atoms with Crippen LogP contribution in [0, 0.1) is 0 Å². The van der Waals surface area contributed by atoms with Crippen molar-refractivity contribution in [3.63, 3.8) is 0 Å². The van der Waals surface area contributed by atoms with Crippen LogP contribution in [-0.2, 0) is 4.79 Å². The summed E-state index contributed by atoms with van der Waals surface area (Å²) < 4.78 is 7.13. The molecule has 0 bridgehead atoms. The molecule has 2 aromatic heterocycles. The zero-order chi connectivity index (χ0) is 17.9. The van der Waals surface area contributed by atoms with Crippen LogP contribution in [0.1, 0.15) is 13.0 Å². The fourth-order valence-electron chi connectivity index (χ4n) is 2.47. The van der Waals surface area contributed by atoms with E-state index in [0.717, 1.165) is 16.8 Å². The first-order valence-electron chi connectivity index (χ1n) is 8.07. The lowest BCUT2D eigenvalue weighted by Crippen LogP contribution is -2.23. The fourth-order valence-corrected chi connectivity index (χ4v) is 2.47. The van der Waals surface area contributed by atoms with E-state index >= 15 is 0 Å². The molecule has 0 aliphatic rings. The average molecular weight is 348 g/mol. The molecule has 2 heterocycles. The molecule has 8 nitrogen and oxygen atoms in total. The van der Waals surface area contributed by atoms with E-state index in [1.807, 2.05) is 36.4 Å². The first-order valence-corrected chi connectivity index (χ1v) is 8.07. The van der Waals surface area contributed by atoms with Gasteiger partial charge in [0.25, 0.3) is 6.01 Å². The Hall–Kier alpha value is -3.68. The largest absolute Gasteiger partial charge is 0.423 e. The standard InChI is InChI=1S/C18H16N6O2/c1-12(24-11-19-10-20-24)17(25)21-13-6-8-14(9-7-13)22-18-23-15-4-2-3-5-16(15)26-18/h2-12H,1H3,(H,21,25)(H,22,23). The minimum atomic E-state index is -0.449. The van der Waals surface area contributed by atoms with Crippen molar-refractivity contribution in [2.45, 2.75) is 13.0 Å². The second kappa shape index (κ2) is 6.67. The maximum atomic E-state index is 12.2. The van der Waals surface area contributed by atoms with Crippen molar-refractivity contribution in [2.75, 3.05) is 10.6 Å². The molecule has 0 aliphatic carbocycles. The van der Waals surface area contributed by atoms with Crippen LogP contribution in [0.25, 0.3) is 11.1 Å². The van der Waals surface area contributed by atoms with Crippen molar-refractivity contribution in [3.05, 3.63) is 61.2 Å². The van der Waals surface area contributed by atoms with Gasteiger partial charge in [0.05, 0.1) is 0 Å². The summed E-state index contributed by atoms with van der Waals surface area (Å²) in [6, 6.07) is 14.8. The molecule has 1 unspecified atom stereocenters. The summed E-state index contributed by atoms with van der Waals surface area (Å²) in [6.45, 7) is 1.76. The van der Waals surface area contributed by atoms with E-state index < -0.39 is 6.04 Å². The van der Waals surface area contributed by atoms with E-state index in [0.29, 0.717) is 11.7 Å². The molecular weight excluding hydrogens is 332 g/mol. The van der Waals surface area contributed by atoms with Gasteiger partial charge in [-0.25, -0.2) is 9.67 Å². The van der Waals surface area contributed by atoms with Crippen LogP contribution in [0.5, 0.6) is 0 Å². The molecule has 1 atom stereocenters. The summed E-state index contributed by atoms with van der Waals surface area (Å²) in [6.07, 6.45) is 2.91. The summed E-state index contributed by atoms with van der Waals surface area (Å²) in [5.41, 5.74) is 3.01. The van der Waals surface area contributed by atoms with Gasteiger partial charge in [0.15, 0.2) is 5.58 Å². The minimum absolute atomic E-state index is 0.171. The molecular formula is C18H16N6O2. The minimum Gasteiger partial charge on any atom is -0.423 e. The summed E-state index contributed by atoms with van der Waals surface area (Å²) in [5.74, 6) is -0.171.